The number of rotatable bonds is 3. The number of hydrogen-bond acceptors (Lipinski definition) is 5. The van der Waals surface area contributed by atoms with Crippen molar-refractivity contribution in [1.29, 1.82) is 0 Å². The van der Waals surface area contributed by atoms with Gasteiger partial charge in [-0.3, -0.25) is 0 Å². The molecule has 0 aromatic heterocycles. The van der Waals surface area contributed by atoms with E-state index in [9.17, 15) is 0 Å². The zero-order chi connectivity index (χ0) is 16.5. The van der Waals surface area contributed by atoms with Crippen molar-refractivity contribution in [3.05, 3.63) is 48.0 Å². The van der Waals surface area contributed by atoms with Crippen LogP contribution in [-0.4, -0.2) is 33.0 Å². The quantitative estimate of drug-likeness (QED) is 0.940. The van der Waals surface area contributed by atoms with E-state index in [-0.39, 0.29) is 6.04 Å². The van der Waals surface area contributed by atoms with Gasteiger partial charge in [0.15, 0.2) is 11.5 Å². The van der Waals surface area contributed by atoms with Crippen molar-refractivity contribution in [2.24, 2.45) is 5.73 Å². The normalized spacial score (nSPS) is 22.5. The van der Waals surface area contributed by atoms with Gasteiger partial charge in [0.2, 0.25) is 6.79 Å². The van der Waals surface area contributed by atoms with E-state index in [4.69, 9.17) is 19.9 Å². The summed E-state index contributed by atoms with van der Waals surface area (Å²) in [5.41, 5.74) is 8.75. The lowest BCUT2D eigenvalue weighted by Gasteiger charge is -2.38. The summed E-state index contributed by atoms with van der Waals surface area (Å²) in [6.07, 6.45) is 0.980. The Balaban J connectivity index is 1.58. The molecule has 0 saturated carbocycles. The molecule has 2 atom stereocenters. The van der Waals surface area contributed by atoms with Gasteiger partial charge in [0.05, 0.1) is 7.11 Å². The van der Waals surface area contributed by atoms with Gasteiger partial charge in [0, 0.05) is 36.8 Å². The highest BCUT2D eigenvalue weighted by atomic mass is 16.7. The number of nitrogens with two attached hydrogens (primary N) is 1. The first-order valence-electron chi connectivity index (χ1n) is 8.27. The average Bonchev–Trinajstić information content (AvgIpc) is 3.09. The Bertz CT molecular complexity index is 734. The molecule has 2 aliphatic heterocycles. The van der Waals surface area contributed by atoms with Crippen LogP contribution in [0.25, 0.3) is 0 Å². The molecule has 1 saturated heterocycles. The van der Waals surface area contributed by atoms with Crippen LogP contribution in [0, 0.1) is 0 Å². The van der Waals surface area contributed by atoms with Crippen LogP contribution in [0.3, 0.4) is 0 Å². The van der Waals surface area contributed by atoms with Crippen LogP contribution in [0.4, 0.5) is 5.69 Å². The van der Waals surface area contributed by atoms with Crippen molar-refractivity contribution in [3.8, 4) is 17.2 Å². The molecule has 0 aliphatic carbocycles. The van der Waals surface area contributed by atoms with Gasteiger partial charge in [0.1, 0.15) is 5.75 Å². The lowest BCUT2D eigenvalue weighted by atomic mass is 9.88. The number of piperidine rings is 1. The summed E-state index contributed by atoms with van der Waals surface area (Å²) in [6.45, 7) is 2.07. The van der Waals surface area contributed by atoms with Gasteiger partial charge in [-0.05, 0) is 36.2 Å². The van der Waals surface area contributed by atoms with E-state index in [0.717, 1.165) is 42.4 Å². The predicted molar refractivity (Wildman–Crippen MR) is 93.1 cm³/mol. The molecular formula is C19H22N2O3. The molecule has 0 radical (unpaired) electrons. The number of fused-ring (bicyclic) bond motifs is 1. The highest BCUT2D eigenvalue weighted by Crippen LogP contribution is 2.37. The van der Waals surface area contributed by atoms with Gasteiger partial charge >= 0.3 is 0 Å². The number of hydrogen-bond donors (Lipinski definition) is 1. The fourth-order valence-corrected chi connectivity index (χ4v) is 3.57. The monoisotopic (exact) mass is 326 g/mol. The Kier molecular flexibility index (Phi) is 3.94. The van der Waals surface area contributed by atoms with Crippen LogP contribution in [0.1, 0.15) is 17.9 Å². The van der Waals surface area contributed by atoms with Crippen molar-refractivity contribution < 1.29 is 14.2 Å². The highest BCUT2D eigenvalue weighted by molar-refractivity contribution is 5.58. The molecule has 0 bridgehead atoms. The maximum atomic E-state index is 6.34. The molecule has 2 aromatic rings. The van der Waals surface area contributed by atoms with E-state index in [0.29, 0.717) is 12.7 Å². The van der Waals surface area contributed by atoms with Gasteiger partial charge < -0.3 is 24.8 Å². The minimum Gasteiger partial charge on any atom is -0.497 e. The second kappa shape index (κ2) is 6.24. The van der Waals surface area contributed by atoms with Crippen LogP contribution in [0.2, 0.25) is 0 Å². The Labute approximate surface area is 141 Å². The predicted octanol–water partition coefficient (Wildman–Crippen LogP) is 2.75. The van der Waals surface area contributed by atoms with Crippen molar-refractivity contribution in [2.45, 2.75) is 18.4 Å². The van der Waals surface area contributed by atoms with Gasteiger partial charge in [-0.2, -0.15) is 0 Å². The molecule has 4 rings (SSSR count). The lowest BCUT2D eigenvalue weighted by Crippen LogP contribution is -2.46. The first-order valence-corrected chi connectivity index (χ1v) is 8.27. The molecule has 0 amide bonds. The summed E-state index contributed by atoms with van der Waals surface area (Å²) in [5, 5.41) is 0. The maximum absolute atomic E-state index is 6.34. The number of methoxy groups -OCH3 is 1. The summed E-state index contributed by atoms with van der Waals surface area (Å²) < 4.78 is 16.3. The molecule has 0 spiro atoms. The topological polar surface area (TPSA) is 57.0 Å². The van der Waals surface area contributed by atoms with Gasteiger partial charge in [-0.25, -0.2) is 0 Å². The van der Waals surface area contributed by atoms with Gasteiger partial charge in [0.25, 0.3) is 0 Å². The number of anilines is 1. The Morgan fingerprint density at radius 1 is 1.08 bits per heavy atom. The summed E-state index contributed by atoms with van der Waals surface area (Å²) in [7, 11) is 1.70. The minimum atomic E-state index is 0.139. The second-order valence-corrected chi connectivity index (χ2v) is 6.41. The minimum absolute atomic E-state index is 0.139. The Hall–Kier alpha value is -2.40. The fraction of sp³-hybridized carbons (Fsp3) is 0.368. The van der Waals surface area contributed by atoms with Crippen LogP contribution >= 0.6 is 0 Å². The first kappa shape index (κ1) is 15.1. The Morgan fingerprint density at radius 2 is 1.96 bits per heavy atom. The number of ether oxygens (including phenoxy) is 3. The standard InChI is InChI=1S/C19H22N2O3/c1-22-17-4-2-3-13(8-17)14-7-15(20)11-21(10-14)16-5-6-18-19(9-16)24-12-23-18/h2-6,8-9,14-15H,7,10-12,20H2,1H3. The zero-order valence-corrected chi connectivity index (χ0v) is 13.8. The average molecular weight is 326 g/mol. The lowest BCUT2D eigenvalue weighted by molar-refractivity contribution is 0.174. The summed E-state index contributed by atoms with van der Waals surface area (Å²) in [5.74, 6) is 2.89. The number of nitrogens with zero attached hydrogens (tertiary/aromatic N) is 1. The fourth-order valence-electron chi connectivity index (χ4n) is 3.57. The van der Waals surface area contributed by atoms with E-state index in [1.807, 2.05) is 24.3 Å². The van der Waals surface area contributed by atoms with Crippen LogP contribution in [0.5, 0.6) is 17.2 Å². The highest BCUT2D eigenvalue weighted by Gasteiger charge is 2.27. The van der Waals surface area contributed by atoms with E-state index < -0.39 is 0 Å². The molecule has 2 aliphatic rings. The molecular weight excluding hydrogens is 304 g/mol. The third-order valence-electron chi connectivity index (χ3n) is 4.77. The molecule has 5 nitrogen and oxygen atoms in total. The largest absolute Gasteiger partial charge is 0.497 e. The van der Waals surface area contributed by atoms with E-state index >= 15 is 0 Å². The van der Waals surface area contributed by atoms with Crippen LogP contribution in [-0.2, 0) is 0 Å². The molecule has 24 heavy (non-hydrogen) atoms. The SMILES string of the molecule is COc1cccc(C2CC(N)CN(c3ccc4c(c3)OCO4)C2)c1. The van der Waals surface area contributed by atoms with E-state index in [1.54, 1.807) is 7.11 Å². The molecule has 2 heterocycles. The molecule has 2 unspecified atom stereocenters. The third-order valence-corrected chi connectivity index (χ3v) is 4.77. The summed E-state index contributed by atoms with van der Waals surface area (Å²) >= 11 is 0. The maximum Gasteiger partial charge on any atom is 0.231 e. The molecule has 1 fully saturated rings. The van der Waals surface area contributed by atoms with Gasteiger partial charge in [-0.15, -0.1) is 0 Å². The summed E-state index contributed by atoms with van der Waals surface area (Å²) in [6, 6.07) is 14.5. The molecule has 5 heteroatoms. The zero-order valence-electron chi connectivity index (χ0n) is 13.8. The molecule has 126 valence electrons. The third kappa shape index (κ3) is 2.87. The van der Waals surface area contributed by atoms with Gasteiger partial charge in [-0.1, -0.05) is 12.1 Å². The van der Waals surface area contributed by atoms with Crippen LogP contribution < -0.4 is 24.8 Å². The summed E-state index contributed by atoms with van der Waals surface area (Å²) in [4.78, 5) is 2.33. The molecule has 2 aromatic carbocycles. The second-order valence-electron chi connectivity index (χ2n) is 6.41. The number of benzene rings is 2. The smallest absolute Gasteiger partial charge is 0.231 e. The van der Waals surface area contributed by atoms with E-state index in [2.05, 4.69) is 23.1 Å². The van der Waals surface area contributed by atoms with Crippen molar-refractivity contribution >= 4 is 5.69 Å². The van der Waals surface area contributed by atoms with Crippen molar-refractivity contribution in [2.75, 3.05) is 31.9 Å². The van der Waals surface area contributed by atoms with Crippen molar-refractivity contribution in [1.82, 2.24) is 0 Å². The van der Waals surface area contributed by atoms with Crippen LogP contribution in [0.15, 0.2) is 42.5 Å². The Morgan fingerprint density at radius 3 is 2.83 bits per heavy atom. The molecule has 2 N–H and O–H groups in total. The van der Waals surface area contributed by atoms with E-state index in [1.165, 1.54) is 5.56 Å². The first-order chi connectivity index (χ1) is 11.7. The van der Waals surface area contributed by atoms with Crippen molar-refractivity contribution in [3.63, 3.8) is 0 Å².